The van der Waals surface area contributed by atoms with Crippen LogP contribution >= 0.6 is 11.6 Å². The minimum atomic E-state index is -0.480. The van der Waals surface area contributed by atoms with Crippen molar-refractivity contribution in [1.82, 2.24) is 0 Å². The summed E-state index contributed by atoms with van der Waals surface area (Å²) in [5, 5.41) is 12.6. The molecule has 0 spiro atoms. The number of nitriles is 1. The average molecular weight is 272 g/mol. The second-order valence-electron chi connectivity index (χ2n) is 3.87. The van der Waals surface area contributed by atoms with Crippen LogP contribution in [-0.4, -0.2) is 5.91 Å². The number of nitrogens with one attached hydrogen (secondary N) is 1. The SMILES string of the molecule is N#Cc1ccc(Cl)cc1Nc1ccc(C(N)=O)cc1. The summed E-state index contributed by atoms with van der Waals surface area (Å²) in [4.78, 5) is 11.0. The van der Waals surface area contributed by atoms with E-state index in [0.29, 0.717) is 21.8 Å². The van der Waals surface area contributed by atoms with Gasteiger partial charge in [-0.15, -0.1) is 0 Å². The van der Waals surface area contributed by atoms with Crippen LogP contribution in [0.15, 0.2) is 42.5 Å². The molecule has 0 aromatic heterocycles. The zero-order valence-corrected chi connectivity index (χ0v) is 10.6. The standard InChI is InChI=1S/C14H10ClN3O/c15-11-4-1-10(8-16)13(7-11)18-12-5-2-9(3-6-12)14(17)19/h1-7,18H,(H2,17,19). The third kappa shape index (κ3) is 3.03. The molecule has 0 bridgehead atoms. The summed E-state index contributed by atoms with van der Waals surface area (Å²) in [5.41, 5.74) is 7.43. The molecule has 1 amide bonds. The van der Waals surface area contributed by atoms with Gasteiger partial charge in [0, 0.05) is 16.3 Å². The van der Waals surface area contributed by atoms with E-state index < -0.39 is 5.91 Å². The Morgan fingerprint density at radius 2 is 1.89 bits per heavy atom. The summed E-state index contributed by atoms with van der Waals surface area (Å²) >= 11 is 5.90. The van der Waals surface area contributed by atoms with E-state index >= 15 is 0 Å². The van der Waals surface area contributed by atoms with Crippen molar-refractivity contribution in [3.8, 4) is 6.07 Å². The van der Waals surface area contributed by atoms with Crippen LogP contribution in [0.25, 0.3) is 0 Å². The fourth-order valence-corrected chi connectivity index (χ4v) is 1.76. The summed E-state index contributed by atoms with van der Waals surface area (Å²) in [5.74, 6) is -0.480. The minimum Gasteiger partial charge on any atom is -0.366 e. The predicted octanol–water partition coefficient (Wildman–Crippen LogP) is 3.05. The first-order chi connectivity index (χ1) is 9.10. The Balaban J connectivity index is 2.28. The van der Waals surface area contributed by atoms with Gasteiger partial charge in [0.2, 0.25) is 5.91 Å². The number of primary amides is 1. The molecule has 0 aliphatic rings. The Morgan fingerprint density at radius 1 is 1.21 bits per heavy atom. The number of rotatable bonds is 3. The average Bonchev–Trinajstić information content (AvgIpc) is 2.39. The molecule has 0 unspecified atom stereocenters. The summed E-state index contributed by atoms with van der Waals surface area (Å²) in [6.45, 7) is 0. The van der Waals surface area contributed by atoms with Crippen molar-refractivity contribution >= 4 is 28.9 Å². The van der Waals surface area contributed by atoms with E-state index in [1.807, 2.05) is 0 Å². The van der Waals surface area contributed by atoms with E-state index in [2.05, 4.69) is 11.4 Å². The molecule has 4 nitrogen and oxygen atoms in total. The quantitative estimate of drug-likeness (QED) is 0.900. The number of hydrogen-bond donors (Lipinski definition) is 2. The van der Waals surface area contributed by atoms with Gasteiger partial charge in [-0.3, -0.25) is 4.79 Å². The van der Waals surface area contributed by atoms with Crippen molar-refractivity contribution in [2.45, 2.75) is 0 Å². The Hall–Kier alpha value is -2.51. The van der Waals surface area contributed by atoms with Crippen LogP contribution < -0.4 is 11.1 Å². The highest BCUT2D eigenvalue weighted by molar-refractivity contribution is 6.30. The molecule has 0 saturated heterocycles. The molecule has 0 aliphatic carbocycles. The molecule has 5 heteroatoms. The fraction of sp³-hybridized carbons (Fsp3) is 0. The van der Waals surface area contributed by atoms with Gasteiger partial charge in [-0.1, -0.05) is 11.6 Å². The van der Waals surface area contributed by atoms with Gasteiger partial charge in [-0.05, 0) is 42.5 Å². The highest BCUT2D eigenvalue weighted by Gasteiger charge is 2.04. The van der Waals surface area contributed by atoms with Crippen LogP contribution in [0.5, 0.6) is 0 Å². The third-order valence-corrected chi connectivity index (χ3v) is 2.79. The monoisotopic (exact) mass is 271 g/mol. The smallest absolute Gasteiger partial charge is 0.248 e. The van der Waals surface area contributed by atoms with Gasteiger partial charge < -0.3 is 11.1 Å². The normalized spacial score (nSPS) is 9.68. The highest BCUT2D eigenvalue weighted by Crippen LogP contribution is 2.24. The molecule has 0 fully saturated rings. The number of benzene rings is 2. The molecule has 0 saturated carbocycles. The Bertz CT molecular complexity index is 659. The summed E-state index contributed by atoms with van der Waals surface area (Å²) < 4.78 is 0. The number of carbonyl (C=O) groups is 1. The summed E-state index contributed by atoms with van der Waals surface area (Å²) in [6.07, 6.45) is 0. The number of hydrogen-bond acceptors (Lipinski definition) is 3. The zero-order valence-electron chi connectivity index (χ0n) is 9.85. The van der Waals surface area contributed by atoms with E-state index in [1.54, 1.807) is 42.5 Å². The Morgan fingerprint density at radius 3 is 2.47 bits per heavy atom. The van der Waals surface area contributed by atoms with Crippen molar-refractivity contribution in [2.24, 2.45) is 5.73 Å². The van der Waals surface area contributed by atoms with Crippen molar-refractivity contribution < 1.29 is 4.79 Å². The molecule has 2 aromatic carbocycles. The maximum absolute atomic E-state index is 11.0. The number of carbonyl (C=O) groups excluding carboxylic acids is 1. The lowest BCUT2D eigenvalue weighted by molar-refractivity contribution is 0.100. The van der Waals surface area contributed by atoms with E-state index in [-0.39, 0.29) is 0 Å². The van der Waals surface area contributed by atoms with Crippen LogP contribution in [0.3, 0.4) is 0 Å². The minimum absolute atomic E-state index is 0.428. The number of halogens is 1. The van der Waals surface area contributed by atoms with Gasteiger partial charge >= 0.3 is 0 Å². The zero-order chi connectivity index (χ0) is 13.8. The first-order valence-corrected chi connectivity index (χ1v) is 5.84. The molecule has 0 aliphatic heterocycles. The van der Waals surface area contributed by atoms with Crippen LogP contribution in [0.1, 0.15) is 15.9 Å². The van der Waals surface area contributed by atoms with Gasteiger partial charge in [0.25, 0.3) is 0 Å². The van der Waals surface area contributed by atoms with E-state index in [9.17, 15) is 4.79 Å². The maximum Gasteiger partial charge on any atom is 0.248 e. The lowest BCUT2D eigenvalue weighted by Gasteiger charge is -2.09. The largest absolute Gasteiger partial charge is 0.366 e. The van der Waals surface area contributed by atoms with Crippen LogP contribution in [-0.2, 0) is 0 Å². The topological polar surface area (TPSA) is 78.9 Å². The van der Waals surface area contributed by atoms with Crippen molar-refractivity contribution in [3.63, 3.8) is 0 Å². The summed E-state index contributed by atoms with van der Waals surface area (Å²) in [7, 11) is 0. The van der Waals surface area contributed by atoms with Crippen molar-refractivity contribution in [2.75, 3.05) is 5.32 Å². The molecule has 94 valence electrons. The highest BCUT2D eigenvalue weighted by atomic mass is 35.5. The predicted molar refractivity (Wildman–Crippen MR) is 74.4 cm³/mol. The van der Waals surface area contributed by atoms with E-state index in [1.165, 1.54) is 0 Å². The second-order valence-corrected chi connectivity index (χ2v) is 4.30. The molecule has 0 heterocycles. The first-order valence-electron chi connectivity index (χ1n) is 5.46. The summed E-state index contributed by atoms with van der Waals surface area (Å²) in [6, 6.07) is 13.7. The number of nitrogens with two attached hydrogens (primary N) is 1. The first kappa shape index (κ1) is 12.9. The van der Waals surface area contributed by atoms with Crippen molar-refractivity contribution in [1.29, 1.82) is 5.26 Å². The maximum atomic E-state index is 11.0. The van der Waals surface area contributed by atoms with Gasteiger partial charge in [0.15, 0.2) is 0 Å². The molecule has 0 radical (unpaired) electrons. The lowest BCUT2D eigenvalue weighted by atomic mass is 10.1. The van der Waals surface area contributed by atoms with Crippen LogP contribution in [0, 0.1) is 11.3 Å². The van der Waals surface area contributed by atoms with E-state index in [0.717, 1.165) is 5.69 Å². The Kier molecular flexibility index (Phi) is 3.69. The van der Waals surface area contributed by atoms with Crippen LogP contribution in [0.2, 0.25) is 5.02 Å². The van der Waals surface area contributed by atoms with Crippen molar-refractivity contribution in [3.05, 3.63) is 58.6 Å². The molecule has 3 N–H and O–H groups in total. The van der Waals surface area contributed by atoms with Gasteiger partial charge in [-0.2, -0.15) is 5.26 Å². The molecular formula is C14H10ClN3O. The number of anilines is 2. The molecular weight excluding hydrogens is 262 g/mol. The molecule has 19 heavy (non-hydrogen) atoms. The molecule has 0 atom stereocenters. The number of nitrogens with zero attached hydrogens (tertiary/aromatic N) is 1. The lowest BCUT2D eigenvalue weighted by Crippen LogP contribution is -2.10. The third-order valence-electron chi connectivity index (χ3n) is 2.55. The van der Waals surface area contributed by atoms with Gasteiger partial charge in [-0.25, -0.2) is 0 Å². The van der Waals surface area contributed by atoms with Crippen LogP contribution in [0.4, 0.5) is 11.4 Å². The second kappa shape index (κ2) is 5.42. The fourth-order valence-electron chi connectivity index (χ4n) is 1.59. The number of amides is 1. The van der Waals surface area contributed by atoms with E-state index in [4.69, 9.17) is 22.6 Å². The molecule has 2 rings (SSSR count). The Labute approximate surface area is 115 Å². The van der Waals surface area contributed by atoms with Gasteiger partial charge in [0.1, 0.15) is 6.07 Å². The molecule has 2 aromatic rings. The van der Waals surface area contributed by atoms with Gasteiger partial charge in [0.05, 0.1) is 11.3 Å².